The number of likely N-dealkylation sites (tertiary alicyclic amines) is 1. The summed E-state index contributed by atoms with van der Waals surface area (Å²) >= 11 is 0. The van der Waals surface area contributed by atoms with Crippen LogP contribution in [-0.4, -0.2) is 49.8 Å². The Kier molecular flexibility index (Phi) is 6.06. The quantitative estimate of drug-likeness (QED) is 0.775. The van der Waals surface area contributed by atoms with Crippen LogP contribution in [-0.2, 0) is 9.53 Å². The molecule has 4 nitrogen and oxygen atoms in total. The third-order valence-electron chi connectivity index (χ3n) is 3.50. The molecule has 0 saturated carbocycles. The highest BCUT2D eigenvalue weighted by Crippen LogP contribution is 2.22. The average Bonchev–Trinajstić information content (AvgIpc) is 2.33. The van der Waals surface area contributed by atoms with Gasteiger partial charge in [-0.2, -0.15) is 13.2 Å². The monoisotopic (exact) mass is 282 g/mol. The minimum Gasteiger partial charge on any atom is -0.372 e. The van der Waals surface area contributed by atoms with Gasteiger partial charge in [0.15, 0.2) is 0 Å². The molecule has 0 aromatic heterocycles. The van der Waals surface area contributed by atoms with Gasteiger partial charge in [0.2, 0.25) is 5.91 Å². The van der Waals surface area contributed by atoms with E-state index in [1.807, 2.05) is 0 Å². The number of piperidine rings is 1. The Balaban J connectivity index is 2.26. The van der Waals surface area contributed by atoms with Gasteiger partial charge in [0.05, 0.1) is 13.0 Å². The highest BCUT2D eigenvalue weighted by atomic mass is 19.4. The molecular weight excluding hydrogens is 261 g/mol. The van der Waals surface area contributed by atoms with Crippen LogP contribution in [0.5, 0.6) is 0 Å². The molecule has 0 aromatic carbocycles. The number of halogens is 3. The van der Waals surface area contributed by atoms with E-state index in [1.165, 1.54) is 0 Å². The first-order valence-electron chi connectivity index (χ1n) is 6.46. The van der Waals surface area contributed by atoms with Crippen LogP contribution in [0.25, 0.3) is 0 Å². The molecule has 7 heteroatoms. The van der Waals surface area contributed by atoms with Crippen molar-refractivity contribution in [3.05, 3.63) is 0 Å². The fourth-order valence-electron chi connectivity index (χ4n) is 2.19. The molecule has 1 saturated heterocycles. The maximum atomic E-state index is 11.8. The summed E-state index contributed by atoms with van der Waals surface area (Å²) in [5.41, 5.74) is 5.64. The Labute approximate surface area is 111 Å². The van der Waals surface area contributed by atoms with Crippen LogP contribution >= 0.6 is 0 Å². The molecule has 2 unspecified atom stereocenters. The fourth-order valence-corrected chi connectivity index (χ4v) is 2.19. The molecule has 0 aromatic rings. The summed E-state index contributed by atoms with van der Waals surface area (Å²) in [5.74, 6) is 0.594. The predicted molar refractivity (Wildman–Crippen MR) is 64.4 cm³/mol. The van der Waals surface area contributed by atoms with E-state index in [1.54, 1.807) is 4.90 Å². The second kappa shape index (κ2) is 7.09. The normalized spacial score (nSPS) is 24.6. The molecule has 1 fully saturated rings. The smallest absolute Gasteiger partial charge is 0.372 e. The summed E-state index contributed by atoms with van der Waals surface area (Å²) in [6, 6.07) is 0. The second-order valence-corrected chi connectivity index (χ2v) is 5.02. The van der Waals surface area contributed by atoms with Crippen molar-refractivity contribution in [1.29, 1.82) is 0 Å². The number of amides is 1. The zero-order valence-electron chi connectivity index (χ0n) is 11.1. The molecular formula is C12H21F3N2O2. The van der Waals surface area contributed by atoms with E-state index >= 15 is 0 Å². The van der Waals surface area contributed by atoms with Crippen LogP contribution in [0.3, 0.4) is 0 Å². The standard InChI is InChI=1S/C12H21F3N2O2/c1-9-2-4-17(7-10(9)6-16)11(18)3-5-19-8-12(13,14)15/h9-10H,2-8,16H2,1H3. The van der Waals surface area contributed by atoms with Crippen LogP contribution in [0, 0.1) is 11.8 Å². The molecule has 0 bridgehead atoms. The third kappa shape index (κ3) is 5.78. The number of carbonyl (C=O) groups excluding carboxylic acids is 1. The lowest BCUT2D eigenvalue weighted by Gasteiger charge is -2.36. The van der Waals surface area contributed by atoms with Gasteiger partial charge in [0, 0.05) is 13.1 Å². The Morgan fingerprint density at radius 1 is 1.47 bits per heavy atom. The molecule has 1 aliphatic rings. The van der Waals surface area contributed by atoms with Gasteiger partial charge in [0.1, 0.15) is 6.61 Å². The van der Waals surface area contributed by atoms with Crippen molar-refractivity contribution in [3.8, 4) is 0 Å². The summed E-state index contributed by atoms with van der Waals surface area (Å²) in [5, 5.41) is 0. The molecule has 0 spiro atoms. The summed E-state index contributed by atoms with van der Waals surface area (Å²) < 4.78 is 40.0. The van der Waals surface area contributed by atoms with E-state index in [2.05, 4.69) is 11.7 Å². The lowest BCUT2D eigenvalue weighted by Crippen LogP contribution is -2.45. The molecule has 0 radical (unpaired) electrons. The van der Waals surface area contributed by atoms with Crippen LogP contribution < -0.4 is 5.73 Å². The average molecular weight is 282 g/mol. The number of ether oxygens (including phenoxy) is 1. The molecule has 112 valence electrons. The van der Waals surface area contributed by atoms with Crippen LogP contribution in [0.4, 0.5) is 13.2 Å². The van der Waals surface area contributed by atoms with Gasteiger partial charge in [-0.25, -0.2) is 0 Å². The molecule has 2 atom stereocenters. The Morgan fingerprint density at radius 3 is 2.74 bits per heavy atom. The second-order valence-electron chi connectivity index (χ2n) is 5.02. The lowest BCUT2D eigenvalue weighted by molar-refractivity contribution is -0.175. The molecule has 19 heavy (non-hydrogen) atoms. The molecule has 2 N–H and O–H groups in total. The van der Waals surface area contributed by atoms with E-state index in [0.717, 1.165) is 6.42 Å². The van der Waals surface area contributed by atoms with E-state index in [4.69, 9.17) is 5.73 Å². The molecule has 1 heterocycles. The number of nitrogens with two attached hydrogens (primary N) is 1. The van der Waals surface area contributed by atoms with Crippen molar-refractivity contribution in [2.45, 2.75) is 25.9 Å². The number of hydrogen-bond donors (Lipinski definition) is 1. The Bertz CT molecular complexity index is 297. The summed E-state index contributed by atoms with van der Waals surface area (Å²) in [4.78, 5) is 13.5. The highest BCUT2D eigenvalue weighted by Gasteiger charge is 2.29. The fraction of sp³-hybridized carbons (Fsp3) is 0.917. The van der Waals surface area contributed by atoms with Crippen molar-refractivity contribution in [2.75, 3.05) is 32.8 Å². The number of nitrogens with zero attached hydrogens (tertiary/aromatic N) is 1. The lowest BCUT2D eigenvalue weighted by atomic mass is 9.87. The maximum absolute atomic E-state index is 11.8. The van der Waals surface area contributed by atoms with Crippen molar-refractivity contribution in [3.63, 3.8) is 0 Å². The maximum Gasteiger partial charge on any atom is 0.411 e. The van der Waals surface area contributed by atoms with Crippen molar-refractivity contribution >= 4 is 5.91 Å². The minimum absolute atomic E-state index is 0.0122. The Hall–Kier alpha value is -0.820. The van der Waals surface area contributed by atoms with E-state index in [-0.39, 0.29) is 24.9 Å². The zero-order valence-corrected chi connectivity index (χ0v) is 11.1. The van der Waals surface area contributed by atoms with Gasteiger partial charge in [-0.15, -0.1) is 0 Å². The molecule has 1 amide bonds. The number of hydrogen-bond acceptors (Lipinski definition) is 3. The molecule has 1 rings (SSSR count). The van der Waals surface area contributed by atoms with Gasteiger partial charge in [-0.1, -0.05) is 6.92 Å². The SMILES string of the molecule is CC1CCN(C(=O)CCOCC(F)(F)F)CC1CN. The van der Waals surface area contributed by atoms with Crippen molar-refractivity contribution in [2.24, 2.45) is 17.6 Å². The number of alkyl halides is 3. The van der Waals surface area contributed by atoms with Gasteiger partial charge in [-0.3, -0.25) is 4.79 Å². The third-order valence-corrected chi connectivity index (χ3v) is 3.50. The summed E-state index contributed by atoms with van der Waals surface area (Å²) in [7, 11) is 0. The Morgan fingerprint density at radius 2 is 2.16 bits per heavy atom. The zero-order chi connectivity index (χ0) is 14.5. The largest absolute Gasteiger partial charge is 0.411 e. The van der Waals surface area contributed by atoms with E-state index < -0.39 is 12.8 Å². The highest BCUT2D eigenvalue weighted by molar-refractivity contribution is 5.76. The van der Waals surface area contributed by atoms with Crippen molar-refractivity contribution < 1.29 is 22.7 Å². The van der Waals surface area contributed by atoms with Crippen LogP contribution in [0.15, 0.2) is 0 Å². The van der Waals surface area contributed by atoms with E-state index in [0.29, 0.717) is 25.6 Å². The minimum atomic E-state index is -4.34. The van der Waals surface area contributed by atoms with Crippen LogP contribution in [0.2, 0.25) is 0 Å². The number of carbonyl (C=O) groups is 1. The van der Waals surface area contributed by atoms with Gasteiger partial charge >= 0.3 is 6.18 Å². The topological polar surface area (TPSA) is 55.6 Å². The summed E-state index contributed by atoms with van der Waals surface area (Å²) in [6.45, 7) is 2.37. The van der Waals surface area contributed by atoms with Gasteiger partial charge in [-0.05, 0) is 24.8 Å². The van der Waals surface area contributed by atoms with Crippen molar-refractivity contribution in [1.82, 2.24) is 4.90 Å². The molecule has 1 aliphatic heterocycles. The van der Waals surface area contributed by atoms with E-state index in [9.17, 15) is 18.0 Å². The predicted octanol–water partition coefficient (Wildman–Crippen LogP) is 1.40. The van der Waals surface area contributed by atoms with Gasteiger partial charge < -0.3 is 15.4 Å². The first-order valence-corrected chi connectivity index (χ1v) is 6.46. The molecule has 0 aliphatic carbocycles. The van der Waals surface area contributed by atoms with Crippen LogP contribution in [0.1, 0.15) is 19.8 Å². The van der Waals surface area contributed by atoms with Gasteiger partial charge in [0.25, 0.3) is 0 Å². The number of rotatable bonds is 5. The first kappa shape index (κ1) is 16.2. The summed E-state index contributed by atoms with van der Waals surface area (Å²) in [6.07, 6.45) is -3.47. The first-order chi connectivity index (χ1) is 8.83.